The molecule has 0 aromatic heterocycles. The predicted octanol–water partition coefficient (Wildman–Crippen LogP) is 2.96. The van der Waals surface area contributed by atoms with Gasteiger partial charge < -0.3 is 20.3 Å². The van der Waals surface area contributed by atoms with E-state index in [2.05, 4.69) is 5.32 Å². The summed E-state index contributed by atoms with van der Waals surface area (Å²) in [5.74, 6) is 1.22. The van der Waals surface area contributed by atoms with Gasteiger partial charge in [-0.2, -0.15) is 0 Å². The van der Waals surface area contributed by atoms with Gasteiger partial charge in [-0.15, -0.1) is 0 Å². The standard InChI is InChI=1S/C16H19NO3/c1-11(15-9-14(20-2)7-8-16(15)19)17-10-12-3-5-13(18)6-4-12/h3-9,11,17-19H,10H2,1-2H3. The second kappa shape index (κ2) is 6.30. The number of rotatable bonds is 5. The number of ether oxygens (including phenoxy) is 1. The van der Waals surface area contributed by atoms with Crippen LogP contribution in [0.15, 0.2) is 42.5 Å². The number of hydrogen-bond acceptors (Lipinski definition) is 4. The van der Waals surface area contributed by atoms with E-state index in [1.807, 2.05) is 25.1 Å². The van der Waals surface area contributed by atoms with Crippen LogP contribution in [0, 0.1) is 0 Å². The second-order valence-electron chi connectivity index (χ2n) is 4.69. The Hall–Kier alpha value is -2.20. The van der Waals surface area contributed by atoms with Crippen molar-refractivity contribution in [3.05, 3.63) is 53.6 Å². The Morgan fingerprint density at radius 2 is 1.80 bits per heavy atom. The molecule has 0 saturated carbocycles. The van der Waals surface area contributed by atoms with E-state index in [0.717, 1.165) is 16.9 Å². The summed E-state index contributed by atoms with van der Waals surface area (Å²) in [4.78, 5) is 0. The molecule has 0 aliphatic heterocycles. The lowest BCUT2D eigenvalue weighted by Gasteiger charge is -2.16. The molecule has 1 atom stereocenters. The largest absolute Gasteiger partial charge is 0.508 e. The van der Waals surface area contributed by atoms with E-state index in [-0.39, 0.29) is 17.5 Å². The van der Waals surface area contributed by atoms with Crippen molar-refractivity contribution in [1.29, 1.82) is 0 Å². The van der Waals surface area contributed by atoms with E-state index >= 15 is 0 Å². The van der Waals surface area contributed by atoms with Gasteiger partial charge in [-0.1, -0.05) is 12.1 Å². The van der Waals surface area contributed by atoms with E-state index in [9.17, 15) is 10.2 Å². The Labute approximate surface area is 118 Å². The molecule has 0 amide bonds. The third-order valence-corrected chi connectivity index (χ3v) is 3.25. The molecule has 0 bridgehead atoms. The van der Waals surface area contributed by atoms with E-state index < -0.39 is 0 Å². The first kappa shape index (κ1) is 14.2. The van der Waals surface area contributed by atoms with Crippen molar-refractivity contribution in [2.45, 2.75) is 19.5 Å². The van der Waals surface area contributed by atoms with Crippen LogP contribution in [0.1, 0.15) is 24.1 Å². The molecule has 2 aromatic carbocycles. The third kappa shape index (κ3) is 3.42. The molecule has 0 radical (unpaired) electrons. The lowest BCUT2D eigenvalue weighted by Crippen LogP contribution is -2.18. The SMILES string of the molecule is COc1ccc(O)c(C(C)NCc2ccc(O)cc2)c1. The minimum absolute atomic E-state index is 0.0149. The van der Waals surface area contributed by atoms with Crippen molar-refractivity contribution in [2.24, 2.45) is 0 Å². The lowest BCUT2D eigenvalue weighted by molar-refractivity contribution is 0.407. The van der Waals surface area contributed by atoms with Crippen LogP contribution >= 0.6 is 0 Å². The summed E-state index contributed by atoms with van der Waals surface area (Å²) in [6, 6.07) is 12.2. The number of hydrogen-bond donors (Lipinski definition) is 3. The van der Waals surface area contributed by atoms with Crippen LogP contribution < -0.4 is 10.1 Å². The Morgan fingerprint density at radius 1 is 1.10 bits per heavy atom. The molecule has 106 valence electrons. The third-order valence-electron chi connectivity index (χ3n) is 3.25. The van der Waals surface area contributed by atoms with Crippen molar-refractivity contribution in [1.82, 2.24) is 5.32 Å². The molecule has 4 nitrogen and oxygen atoms in total. The highest BCUT2D eigenvalue weighted by molar-refractivity contribution is 5.41. The molecule has 2 rings (SSSR count). The Balaban J connectivity index is 2.04. The molecule has 4 heteroatoms. The number of phenolic OH excluding ortho intramolecular Hbond substituents is 2. The molecule has 0 fully saturated rings. The van der Waals surface area contributed by atoms with Crippen LogP contribution in [0.2, 0.25) is 0 Å². The van der Waals surface area contributed by atoms with E-state index in [1.54, 1.807) is 31.4 Å². The maximum Gasteiger partial charge on any atom is 0.120 e. The highest BCUT2D eigenvalue weighted by atomic mass is 16.5. The fourth-order valence-corrected chi connectivity index (χ4v) is 2.00. The monoisotopic (exact) mass is 273 g/mol. The molecule has 3 N–H and O–H groups in total. The summed E-state index contributed by atoms with van der Waals surface area (Å²) in [5.41, 5.74) is 1.86. The second-order valence-corrected chi connectivity index (χ2v) is 4.69. The predicted molar refractivity (Wildman–Crippen MR) is 78.0 cm³/mol. The number of nitrogens with one attached hydrogen (secondary N) is 1. The average molecular weight is 273 g/mol. The van der Waals surface area contributed by atoms with Crippen molar-refractivity contribution in [3.63, 3.8) is 0 Å². The molecular weight excluding hydrogens is 254 g/mol. The summed E-state index contributed by atoms with van der Waals surface area (Å²) in [6.45, 7) is 2.63. The average Bonchev–Trinajstić information content (AvgIpc) is 2.47. The topological polar surface area (TPSA) is 61.7 Å². The maximum absolute atomic E-state index is 9.91. The van der Waals surface area contributed by atoms with E-state index in [4.69, 9.17) is 4.74 Å². The van der Waals surface area contributed by atoms with Gasteiger partial charge in [0, 0.05) is 18.2 Å². The minimum atomic E-state index is -0.0149. The molecule has 0 heterocycles. The zero-order valence-electron chi connectivity index (χ0n) is 11.6. The van der Waals surface area contributed by atoms with Crippen LogP contribution in [-0.4, -0.2) is 17.3 Å². The first-order chi connectivity index (χ1) is 9.60. The summed E-state index contributed by atoms with van der Waals surface area (Å²) in [6.07, 6.45) is 0. The molecule has 0 aliphatic rings. The fraction of sp³-hybridized carbons (Fsp3) is 0.250. The van der Waals surface area contributed by atoms with Gasteiger partial charge in [-0.25, -0.2) is 0 Å². The van der Waals surface area contributed by atoms with Gasteiger partial charge >= 0.3 is 0 Å². The van der Waals surface area contributed by atoms with Crippen molar-refractivity contribution in [2.75, 3.05) is 7.11 Å². The first-order valence-electron chi connectivity index (χ1n) is 6.48. The molecule has 2 aromatic rings. The zero-order chi connectivity index (χ0) is 14.5. The van der Waals surface area contributed by atoms with Gasteiger partial charge in [0.05, 0.1) is 7.11 Å². The van der Waals surface area contributed by atoms with Crippen LogP contribution in [-0.2, 0) is 6.54 Å². The van der Waals surface area contributed by atoms with Crippen molar-refractivity contribution >= 4 is 0 Å². The van der Waals surface area contributed by atoms with E-state index in [0.29, 0.717) is 6.54 Å². The fourth-order valence-electron chi connectivity index (χ4n) is 2.00. The molecule has 0 spiro atoms. The normalized spacial score (nSPS) is 12.1. The van der Waals surface area contributed by atoms with Crippen molar-refractivity contribution in [3.8, 4) is 17.2 Å². The van der Waals surface area contributed by atoms with Crippen LogP contribution in [0.5, 0.6) is 17.2 Å². The molecule has 0 aliphatic carbocycles. The summed E-state index contributed by atoms with van der Waals surface area (Å²) < 4.78 is 5.17. The molecule has 1 unspecified atom stereocenters. The number of phenols is 2. The Bertz CT molecular complexity index is 566. The van der Waals surface area contributed by atoms with Gasteiger partial charge in [0.15, 0.2) is 0 Å². The summed E-state index contributed by atoms with van der Waals surface area (Å²) in [5, 5.41) is 22.5. The van der Waals surface area contributed by atoms with Gasteiger partial charge in [-0.3, -0.25) is 0 Å². The van der Waals surface area contributed by atoms with Gasteiger partial charge in [0.2, 0.25) is 0 Å². The van der Waals surface area contributed by atoms with E-state index in [1.165, 1.54) is 0 Å². The van der Waals surface area contributed by atoms with Gasteiger partial charge in [-0.05, 0) is 42.8 Å². The Kier molecular flexibility index (Phi) is 4.48. The minimum Gasteiger partial charge on any atom is -0.508 e. The Morgan fingerprint density at radius 3 is 2.45 bits per heavy atom. The molecule has 0 saturated heterocycles. The van der Waals surface area contributed by atoms with Gasteiger partial charge in [0.25, 0.3) is 0 Å². The number of methoxy groups -OCH3 is 1. The van der Waals surface area contributed by atoms with Crippen LogP contribution in [0.4, 0.5) is 0 Å². The van der Waals surface area contributed by atoms with Gasteiger partial charge in [0.1, 0.15) is 17.2 Å². The maximum atomic E-state index is 9.91. The zero-order valence-corrected chi connectivity index (χ0v) is 11.6. The summed E-state index contributed by atoms with van der Waals surface area (Å²) in [7, 11) is 1.60. The summed E-state index contributed by atoms with van der Waals surface area (Å²) >= 11 is 0. The first-order valence-corrected chi connectivity index (χ1v) is 6.48. The lowest BCUT2D eigenvalue weighted by atomic mass is 10.1. The van der Waals surface area contributed by atoms with Crippen LogP contribution in [0.3, 0.4) is 0 Å². The molecular formula is C16H19NO3. The number of aromatic hydroxyl groups is 2. The smallest absolute Gasteiger partial charge is 0.120 e. The quantitative estimate of drug-likeness (QED) is 0.784. The highest BCUT2D eigenvalue weighted by Crippen LogP contribution is 2.28. The molecule has 20 heavy (non-hydrogen) atoms. The highest BCUT2D eigenvalue weighted by Gasteiger charge is 2.11. The number of benzene rings is 2. The van der Waals surface area contributed by atoms with Crippen LogP contribution in [0.25, 0.3) is 0 Å². The van der Waals surface area contributed by atoms with Crippen molar-refractivity contribution < 1.29 is 14.9 Å².